The predicted molar refractivity (Wildman–Crippen MR) is 242 cm³/mol. The van der Waals surface area contributed by atoms with Gasteiger partial charge in [0.25, 0.3) is 0 Å². The van der Waals surface area contributed by atoms with Crippen LogP contribution in [0.1, 0.15) is 181 Å². The molecule has 0 heterocycles. The van der Waals surface area contributed by atoms with Crippen LogP contribution in [0.15, 0.2) is 109 Å². The van der Waals surface area contributed by atoms with Gasteiger partial charge < -0.3 is 14.6 Å². The molecule has 1 atom stereocenters. The van der Waals surface area contributed by atoms with Crippen LogP contribution >= 0.6 is 0 Å². The van der Waals surface area contributed by atoms with Crippen LogP contribution in [-0.4, -0.2) is 36.4 Å². The SMILES string of the molecule is CC/C=C\C/C=C\C/C=C\C/C=C\C/C=C\C/C=C\CCCCCCCCC(=O)OC(CO)COC(=O)CCCCCCCCC/C=C\C/C=C\C/C=C\CC. The van der Waals surface area contributed by atoms with E-state index in [9.17, 15) is 14.7 Å². The Kier molecular flexibility index (Phi) is 43.1. The zero-order valence-corrected chi connectivity index (χ0v) is 35.8. The van der Waals surface area contributed by atoms with Gasteiger partial charge in [-0.25, -0.2) is 0 Å². The maximum atomic E-state index is 12.2. The second-order valence-electron chi connectivity index (χ2n) is 14.4. The highest BCUT2D eigenvalue weighted by molar-refractivity contribution is 5.70. The quantitative estimate of drug-likeness (QED) is 0.0382. The van der Waals surface area contributed by atoms with Crippen LogP contribution in [0.2, 0.25) is 0 Å². The van der Waals surface area contributed by atoms with Crippen molar-refractivity contribution in [3.63, 3.8) is 0 Å². The number of aliphatic hydroxyl groups is 1. The van der Waals surface area contributed by atoms with E-state index in [0.717, 1.165) is 109 Å². The molecule has 1 N–H and O–H groups in total. The normalized spacial score (nSPS) is 13.3. The Labute approximate surface area is 344 Å². The average Bonchev–Trinajstić information content (AvgIpc) is 3.20. The van der Waals surface area contributed by atoms with Gasteiger partial charge >= 0.3 is 11.9 Å². The van der Waals surface area contributed by atoms with Crippen LogP contribution in [0.25, 0.3) is 0 Å². The third-order valence-electron chi connectivity index (χ3n) is 9.06. The Morgan fingerprint density at radius 2 is 0.714 bits per heavy atom. The van der Waals surface area contributed by atoms with Gasteiger partial charge in [0.05, 0.1) is 6.61 Å². The lowest BCUT2D eigenvalue weighted by atomic mass is 10.1. The predicted octanol–water partition coefficient (Wildman–Crippen LogP) is 14.6. The summed E-state index contributed by atoms with van der Waals surface area (Å²) in [6.45, 7) is 3.88. The number of rotatable bonds is 39. The molecule has 0 aromatic rings. The first-order chi connectivity index (χ1) is 27.6. The van der Waals surface area contributed by atoms with Gasteiger partial charge in [-0.3, -0.25) is 9.59 Å². The summed E-state index contributed by atoms with van der Waals surface area (Å²) in [4.78, 5) is 24.4. The summed E-state index contributed by atoms with van der Waals surface area (Å²) in [5, 5.41) is 9.59. The summed E-state index contributed by atoms with van der Waals surface area (Å²) in [6, 6.07) is 0. The van der Waals surface area contributed by atoms with Gasteiger partial charge in [-0.05, 0) is 96.3 Å². The lowest BCUT2D eigenvalue weighted by Crippen LogP contribution is -2.28. The van der Waals surface area contributed by atoms with E-state index in [-0.39, 0.29) is 25.2 Å². The molecule has 56 heavy (non-hydrogen) atoms. The number of hydrogen-bond donors (Lipinski definition) is 1. The zero-order valence-electron chi connectivity index (χ0n) is 35.8. The molecule has 316 valence electrons. The van der Waals surface area contributed by atoms with E-state index >= 15 is 0 Å². The molecule has 1 unspecified atom stereocenters. The molecule has 0 saturated carbocycles. The molecule has 0 aromatic heterocycles. The highest BCUT2D eigenvalue weighted by atomic mass is 16.6. The largest absolute Gasteiger partial charge is 0.462 e. The van der Waals surface area contributed by atoms with Gasteiger partial charge in [0.2, 0.25) is 0 Å². The first-order valence-electron chi connectivity index (χ1n) is 22.4. The minimum atomic E-state index is -0.792. The third kappa shape index (κ3) is 43.3. The molecule has 0 spiro atoms. The van der Waals surface area contributed by atoms with Crippen molar-refractivity contribution in [2.75, 3.05) is 13.2 Å². The fraction of sp³-hybridized carbons (Fsp3) is 0.608. The van der Waals surface area contributed by atoms with E-state index in [1.807, 2.05) is 0 Å². The number of carbonyl (C=O) groups is 2. The molecular weight excluding hydrogens is 693 g/mol. The van der Waals surface area contributed by atoms with Crippen molar-refractivity contribution in [3.8, 4) is 0 Å². The molecule has 0 aliphatic heterocycles. The summed E-state index contributed by atoms with van der Waals surface area (Å²) >= 11 is 0. The molecular formula is C51H82O5. The first kappa shape index (κ1) is 52.6. The Bertz CT molecular complexity index is 1150. The van der Waals surface area contributed by atoms with Crippen LogP contribution in [0.3, 0.4) is 0 Å². The topological polar surface area (TPSA) is 72.8 Å². The van der Waals surface area contributed by atoms with Crippen LogP contribution in [-0.2, 0) is 19.1 Å². The molecule has 0 saturated heterocycles. The van der Waals surface area contributed by atoms with Crippen LogP contribution < -0.4 is 0 Å². The number of unbranched alkanes of at least 4 members (excludes halogenated alkanes) is 13. The molecule has 0 aliphatic rings. The Morgan fingerprint density at radius 1 is 0.411 bits per heavy atom. The van der Waals surface area contributed by atoms with Crippen molar-refractivity contribution < 1.29 is 24.2 Å². The van der Waals surface area contributed by atoms with Gasteiger partial charge in [0, 0.05) is 12.8 Å². The summed E-state index contributed by atoms with van der Waals surface area (Å²) in [6.07, 6.45) is 65.8. The summed E-state index contributed by atoms with van der Waals surface area (Å²) in [7, 11) is 0. The zero-order chi connectivity index (χ0) is 40.7. The van der Waals surface area contributed by atoms with Gasteiger partial charge in [0.15, 0.2) is 6.10 Å². The highest BCUT2D eigenvalue weighted by Gasteiger charge is 2.16. The van der Waals surface area contributed by atoms with Crippen molar-refractivity contribution in [3.05, 3.63) is 109 Å². The summed E-state index contributed by atoms with van der Waals surface area (Å²) < 4.78 is 10.6. The number of carbonyl (C=O) groups excluding carboxylic acids is 2. The molecule has 0 aromatic carbocycles. The van der Waals surface area contributed by atoms with Gasteiger partial charge in [-0.15, -0.1) is 0 Å². The molecule has 0 fully saturated rings. The smallest absolute Gasteiger partial charge is 0.306 e. The monoisotopic (exact) mass is 775 g/mol. The van der Waals surface area contributed by atoms with Crippen LogP contribution in [0.4, 0.5) is 0 Å². The number of allylic oxidation sites excluding steroid dienone is 18. The average molecular weight is 775 g/mol. The fourth-order valence-electron chi connectivity index (χ4n) is 5.75. The van der Waals surface area contributed by atoms with E-state index < -0.39 is 6.10 Å². The molecule has 0 aliphatic carbocycles. The fourth-order valence-corrected chi connectivity index (χ4v) is 5.75. The minimum absolute atomic E-state index is 0.0844. The molecule has 0 amide bonds. The number of esters is 2. The molecule has 0 radical (unpaired) electrons. The van der Waals surface area contributed by atoms with Crippen molar-refractivity contribution in [1.29, 1.82) is 0 Å². The van der Waals surface area contributed by atoms with Gasteiger partial charge in [-0.1, -0.05) is 181 Å². The number of hydrogen-bond acceptors (Lipinski definition) is 5. The van der Waals surface area contributed by atoms with Crippen molar-refractivity contribution >= 4 is 11.9 Å². The van der Waals surface area contributed by atoms with E-state index in [4.69, 9.17) is 9.47 Å². The Morgan fingerprint density at radius 3 is 1.07 bits per heavy atom. The lowest BCUT2D eigenvalue weighted by molar-refractivity contribution is -0.161. The maximum Gasteiger partial charge on any atom is 0.306 e. The molecule has 5 nitrogen and oxygen atoms in total. The van der Waals surface area contributed by atoms with Crippen LogP contribution in [0, 0.1) is 0 Å². The van der Waals surface area contributed by atoms with E-state index in [2.05, 4.69) is 123 Å². The number of aliphatic hydroxyl groups excluding tert-OH is 1. The summed E-state index contributed by atoms with van der Waals surface area (Å²) in [5.41, 5.74) is 0. The molecule has 5 heteroatoms. The van der Waals surface area contributed by atoms with Gasteiger partial charge in [-0.2, -0.15) is 0 Å². The lowest BCUT2D eigenvalue weighted by Gasteiger charge is -2.15. The van der Waals surface area contributed by atoms with E-state index in [1.165, 1.54) is 44.9 Å². The molecule has 0 rings (SSSR count). The summed E-state index contributed by atoms with van der Waals surface area (Å²) in [5.74, 6) is -0.628. The standard InChI is InChI=1S/C51H82O5/c1-3-5-7-9-11-13-15-17-19-21-22-23-24-25-26-27-28-30-32-34-36-38-40-42-44-46-51(54)56-49(47-52)48-55-50(53)45-43-41-39-37-35-33-31-29-20-18-16-14-12-10-8-6-4-2/h5-8,11-14,17-20,22-23,25-26,28,30,49,52H,3-4,9-10,15-16,21,24,27,29,31-48H2,1-2H3/b7-5-,8-6-,13-11-,14-12-,19-17-,20-18-,23-22-,26-25-,30-28-. The second kappa shape index (κ2) is 45.9. The van der Waals surface area contributed by atoms with Gasteiger partial charge in [0.1, 0.15) is 6.61 Å². The minimum Gasteiger partial charge on any atom is -0.462 e. The van der Waals surface area contributed by atoms with Crippen LogP contribution in [0.5, 0.6) is 0 Å². The maximum absolute atomic E-state index is 12.2. The number of ether oxygens (including phenoxy) is 2. The van der Waals surface area contributed by atoms with E-state index in [0.29, 0.717) is 12.8 Å². The second-order valence-corrected chi connectivity index (χ2v) is 14.4. The van der Waals surface area contributed by atoms with Crippen molar-refractivity contribution in [2.24, 2.45) is 0 Å². The first-order valence-corrected chi connectivity index (χ1v) is 22.4. The van der Waals surface area contributed by atoms with Crippen molar-refractivity contribution in [2.45, 2.75) is 187 Å². The van der Waals surface area contributed by atoms with Crippen molar-refractivity contribution in [1.82, 2.24) is 0 Å². The van der Waals surface area contributed by atoms with E-state index in [1.54, 1.807) is 0 Å². The Balaban J connectivity index is 3.64. The highest BCUT2D eigenvalue weighted by Crippen LogP contribution is 2.12. The Hall–Kier alpha value is -3.44. The molecule has 0 bridgehead atoms. The third-order valence-corrected chi connectivity index (χ3v) is 9.06.